The molecule has 0 N–H and O–H groups in total. The molecule has 7 nitrogen and oxygen atoms in total. The normalized spacial score (nSPS) is 21.9. The van der Waals surface area contributed by atoms with Gasteiger partial charge in [-0.25, -0.2) is 0 Å². The fourth-order valence-corrected chi connectivity index (χ4v) is 3.60. The Hall–Kier alpha value is -1.73. The van der Waals surface area contributed by atoms with Gasteiger partial charge in [-0.15, -0.1) is 10.2 Å². The zero-order valence-corrected chi connectivity index (χ0v) is 14.8. The number of likely N-dealkylation sites (N-methyl/N-ethyl adjacent to an activating group) is 1. The Labute approximate surface area is 142 Å². The monoisotopic (exact) mass is 330 g/mol. The van der Waals surface area contributed by atoms with Gasteiger partial charge in [0.1, 0.15) is 17.4 Å². The molecule has 1 atom stereocenters. The van der Waals surface area contributed by atoms with E-state index in [1.807, 2.05) is 13.0 Å². The lowest BCUT2D eigenvalue weighted by Gasteiger charge is -2.24. The van der Waals surface area contributed by atoms with Crippen LogP contribution in [0.5, 0.6) is 0 Å². The van der Waals surface area contributed by atoms with Gasteiger partial charge in [-0.1, -0.05) is 5.16 Å². The fourth-order valence-electron chi connectivity index (χ4n) is 3.60. The Bertz CT molecular complexity index is 704. The predicted molar refractivity (Wildman–Crippen MR) is 89.4 cm³/mol. The molecule has 4 rings (SSSR count). The molecule has 0 spiro atoms. The molecule has 0 radical (unpaired) electrons. The Morgan fingerprint density at radius 2 is 2.12 bits per heavy atom. The van der Waals surface area contributed by atoms with E-state index in [0.29, 0.717) is 12.0 Å². The van der Waals surface area contributed by atoms with E-state index < -0.39 is 0 Å². The Kier molecular flexibility index (Phi) is 4.14. The maximum Gasteiger partial charge on any atom is 0.146 e. The van der Waals surface area contributed by atoms with Crippen LogP contribution in [0.1, 0.15) is 48.3 Å². The summed E-state index contributed by atoms with van der Waals surface area (Å²) in [4.78, 5) is 4.86. The van der Waals surface area contributed by atoms with Crippen LogP contribution in [-0.4, -0.2) is 55.9 Å². The van der Waals surface area contributed by atoms with E-state index in [1.165, 1.54) is 19.3 Å². The third-order valence-electron chi connectivity index (χ3n) is 5.27. The van der Waals surface area contributed by atoms with Crippen LogP contribution in [0.3, 0.4) is 0 Å². The minimum Gasteiger partial charge on any atom is -0.361 e. The number of nitrogens with zero attached hydrogens (tertiary/aromatic N) is 6. The van der Waals surface area contributed by atoms with Crippen molar-refractivity contribution < 1.29 is 4.52 Å². The lowest BCUT2D eigenvalue weighted by Crippen LogP contribution is -2.34. The van der Waals surface area contributed by atoms with Gasteiger partial charge in [-0.2, -0.15) is 0 Å². The van der Waals surface area contributed by atoms with E-state index in [1.54, 1.807) is 0 Å². The number of hydrogen-bond acceptors (Lipinski definition) is 6. The molecule has 1 saturated heterocycles. The summed E-state index contributed by atoms with van der Waals surface area (Å²) >= 11 is 0. The van der Waals surface area contributed by atoms with Crippen molar-refractivity contribution in [2.75, 3.05) is 20.1 Å². The first-order valence-electron chi connectivity index (χ1n) is 8.83. The standard InChI is InChI=1S/C17H26N6O/c1-12-8-14(20-24-12)9-23-7-6-15(10-23)21(2)11-16-18-19-17(22(16)3)13-4-5-13/h8,13,15H,4-7,9-11H2,1-3H3/t15-/m0/s1. The SMILES string of the molecule is Cc1cc(CN2CC[C@H](N(C)Cc3nnc(C4CC4)n3C)C2)no1. The second-order valence-corrected chi connectivity index (χ2v) is 7.33. The minimum atomic E-state index is 0.555. The number of likely N-dealkylation sites (tertiary alicyclic amines) is 1. The second-order valence-electron chi connectivity index (χ2n) is 7.33. The van der Waals surface area contributed by atoms with Gasteiger partial charge in [0.05, 0.1) is 12.2 Å². The molecule has 7 heteroatoms. The van der Waals surface area contributed by atoms with Gasteiger partial charge >= 0.3 is 0 Å². The van der Waals surface area contributed by atoms with Gasteiger partial charge in [0.15, 0.2) is 0 Å². The molecule has 24 heavy (non-hydrogen) atoms. The van der Waals surface area contributed by atoms with Crippen LogP contribution in [0.2, 0.25) is 0 Å². The van der Waals surface area contributed by atoms with Crippen molar-refractivity contribution in [3.8, 4) is 0 Å². The molecule has 2 aromatic rings. The molecule has 0 aromatic carbocycles. The first kappa shape index (κ1) is 15.8. The van der Waals surface area contributed by atoms with E-state index in [0.717, 1.165) is 49.3 Å². The first-order chi connectivity index (χ1) is 11.6. The Morgan fingerprint density at radius 1 is 1.29 bits per heavy atom. The number of aryl methyl sites for hydroxylation is 1. The third kappa shape index (κ3) is 3.23. The molecule has 0 bridgehead atoms. The smallest absolute Gasteiger partial charge is 0.146 e. The topological polar surface area (TPSA) is 63.2 Å². The predicted octanol–water partition coefficient (Wildman–Crippen LogP) is 1.70. The van der Waals surface area contributed by atoms with Crippen LogP contribution in [0, 0.1) is 6.92 Å². The molecule has 3 heterocycles. The van der Waals surface area contributed by atoms with Crippen LogP contribution < -0.4 is 0 Å². The highest BCUT2D eigenvalue weighted by atomic mass is 16.5. The zero-order valence-electron chi connectivity index (χ0n) is 14.8. The molecule has 2 aromatic heterocycles. The number of aromatic nitrogens is 4. The summed E-state index contributed by atoms with van der Waals surface area (Å²) in [6, 6.07) is 2.58. The lowest BCUT2D eigenvalue weighted by atomic mass is 10.2. The molecule has 0 amide bonds. The highest BCUT2D eigenvalue weighted by molar-refractivity contribution is 5.08. The van der Waals surface area contributed by atoms with Crippen LogP contribution >= 0.6 is 0 Å². The second kappa shape index (κ2) is 6.29. The Morgan fingerprint density at radius 3 is 2.83 bits per heavy atom. The van der Waals surface area contributed by atoms with Crippen LogP contribution in [0.25, 0.3) is 0 Å². The molecule has 1 saturated carbocycles. The average molecular weight is 330 g/mol. The summed E-state index contributed by atoms with van der Waals surface area (Å²) < 4.78 is 7.36. The number of hydrogen-bond donors (Lipinski definition) is 0. The molecular formula is C17H26N6O. The van der Waals surface area contributed by atoms with E-state index >= 15 is 0 Å². The number of rotatable bonds is 6. The van der Waals surface area contributed by atoms with Crippen LogP contribution in [-0.2, 0) is 20.1 Å². The molecular weight excluding hydrogens is 304 g/mol. The molecule has 0 unspecified atom stereocenters. The van der Waals surface area contributed by atoms with E-state index in [4.69, 9.17) is 4.52 Å². The van der Waals surface area contributed by atoms with Gasteiger partial charge in [-0.3, -0.25) is 9.80 Å². The summed E-state index contributed by atoms with van der Waals surface area (Å²) in [6.07, 6.45) is 3.71. The average Bonchev–Trinajstić information content (AvgIpc) is 2.96. The van der Waals surface area contributed by atoms with Gasteiger partial charge in [0.2, 0.25) is 0 Å². The summed E-state index contributed by atoms with van der Waals surface area (Å²) in [6.45, 7) is 5.84. The highest BCUT2D eigenvalue weighted by Gasteiger charge is 2.31. The highest BCUT2D eigenvalue weighted by Crippen LogP contribution is 2.38. The summed E-state index contributed by atoms with van der Waals surface area (Å²) in [5.41, 5.74) is 1.03. The van der Waals surface area contributed by atoms with Crippen molar-refractivity contribution in [1.29, 1.82) is 0 Å². The van der Waals surface area contributed by atoms with Crippen molar-refractivity contribution in [3.63, 3.8) is 0 Å². The largest absolute Gasteiger partial charge is 0.361 e. The first-order valence-corrected chi connectivity index (χ1v) is 8.83. The molecule has 2 fully saturated rings. The van der Waals surface area contributed by atoms with Gasteiger partial charge in [0, 0.05) is 44.7 Å². The summed E-state index contributed by atoms with van der Waals surface area (Å²) in [7, 11) is 4.30. The van der Waals surface area contributed by atoms with Crippen LogP contribution in [0.4, 0.5) is 0 Å². The minimum absolute atomic E-state index is 0.555. The molecule has 1 aliphatic heterocycles. The molecule has 130 valence electrons. The van der Waals surface area contributed by atoms with Crippen molar-refractivity contribution >= 4 is 0 Å². The zero-order chi connectivity index (χ0) is 16.7. The van der Waals surface area contributed by atoms with E-state index in [2.05, 4.69) is 43.8 Å². The maximum absolute atomic E-state index is 5.16. The van der Waals surface area contributed by atoms with Gasteiger partial charge < -0.3 is 9.09 Å². The van der Waals surface area contributed by atoms with E-state index in [-0.39, 0.29) is 0 Å². The maximum atomic E-state index is 5.16. The summed E-state index contributed by atoms with van der Waals surface area (Å²) in [5, 5.41) is 12.9. The Balaban J connectivity index is 1.33. The lowest BCUT2D eigenvalue weighted by molar-refractivity contribution is 0.215. The van der Waals surface area contributed by atoms with Gasteiger partial charge in [-0.05, 0) is 33.2 Å². The van der Waals surface area contributed by atoms with Crippen molar-refractivity contribution in [3.05, 3.63) is 29.2 Å². The van der Waals surface area contributed by atoms with Crippen molar-refractivity contribution in [2.45, 2.75) is 51.2 Å². The van der Waals surface area contributed by atoms with Crippen molar-refractivity contribution in [2.24, 2.45) is 7.05 Å². The molecule has 2 aliphatic rings. The van der Waals surface area contributed by atoms with Crippen LogP contribution in [0.15, 0.2) is 10.6 Å². The van der Waals surface area contributed by atoms with E-state index in [9.17, 15) is 0 Å². The quantitative estimate of drug-likeness (QED) is 0.803. The van der Waals surface area contributed by atoms with Gasteiger partial charge in [0.25, 0.3) is 0 Å². The molecule has 1 aliphatic carbocycles. The van der Waals surface area contributed by atoms with Crippen molar-refractivity contribution in [1.82, 2.24) is 29.7 Å². The fraction of sp³-hybridized carbons (Fsp3) is 0.706. The third-order valence-corrected chi connectivity index (χ3v) is 5.27. The summed E-state index contributed by atoms with van der Waals surface area (Å²) in [5.74, 6) is 3.76.